The summed E-state index contributed by atoms with van der Waals surface area (Å²) in [6.07, 6.45) is 1.29. The molecule has 1 aromatic rings. The Morgan fingerprint density at radius 1 is 1.36 bits per heavy atom. The predicted octanol–water partition coefficient (Wildman–Crippen LogP) is 1.81. The average Bonchev–Trinajstić information content (AvgIpc) is 2.51. The van der Waals surface area contributed by atoms with Crippen molar-refractivity contribution in [3.8, 4) is 0 Å². The fraction of sp³-hybridized carbons (Fsp3) is 0.529. The summed E-state index contributed by atoms with van der Waals surface area (Å²) >= 11 is 0. The maximum atomic E-state index is 12.4. The highest BCUT2D eigenvalue weighted by molar-refractivity contribution is 5.86. The highest BCUT2D eigenvalue weighted by Crippen LogP contribution is 2.29. The second-order valence-electron chi connectivity index (χ2n) is 5.74. The van der Waals surface area contributed by atoms with Gasteiger partial charge in [0.25, 0.3) is 5.91 Å². The van der Waals surface area contributed by atoms with Crippen LogP contribution in [0, 0.1) is 6.92 Å². The van der Waals surface area contributed by atoms with E-state index in [0.717, 1.165) is 24.0 Å². The lowest BCUT2D eigenvalue weighted by Crippen LogP contribution is -2.53. The summed E-state index contributed by atoms with van der Waals surface area (Å²) in [5, 5.41) is 2.90. The number of amides is 2. The van der Waals surface area contributed by atoms with Crippen LogP contribution in [0.15, 0.2) is 24.3 Å². The van der Waals surface area contributed by atoms with E-state index in [1.54, 1.807) is 11.9 Å². The molecule has 0 bridgehead atoms. The van der Waals surface area contributed by atoms with Crippen LogP contribution in [0.4, 0.5) is 0 Å². The van der Waals surface area contributed by atoms with Gasteiger partial charge in [0.05, 0.1) is 6.04 Å². The van der Waals surface area contributed by atoms with Gasteiger partial charge < -0.3 is 15.0 Å². The van der Waals surface area contributed by atoms with Crippen LogP contribution < -0.4 is 5.32 Å². The molecule has 0 aromatic heterocycles. The normalized spacial score (nSPS) is 21.8. The van der Waals surface area contributed by atoms with E-state index < -0.39 is 6.10 Å². The summed E-state index contributed by atoms with van der Waals surface area (Å²) in [6, 6.07) is 7.47. The molecule has 5 nitrogen and oxygen atoms in total. The van der Waals surface area contributed by atoms with Crippen LogP contribution in [-0.2, 0) is 14.3 Å². The number of ether oxygens (including phenoxy) is 1. The van der Waals surface area contributed by atoms with Crippen molar-refractivity contribution in [2.75, 3.05) is 20.2 Å². The van der Waals surface area contributed by atoms with E-state index in [4.69, 9.17) is 4.74 Å². The summed E-state index contributed by atoms with van der Waals surface area (Å²) in [5.41, 5.74) is 2.05. The molecule has 1 N–H and O–H groups in total. The molecule has 2 rings (SSSR count). The second-order valence-corrected chi connectivity index (χ2v) is 5.74. The van der Waals surface area contributed by atoms with Gasteiger partial charge in [-0.25, -0.2) is 0 Å². The SMILES string of the molecule is CCCCNC(=O)[C@@H]1OCC(=O)N(C)[C@@H]1c1ccc(C)cc1. The monoisotopic (exact) mass is 304 g/mol. The highest BCUT2D eigenvalue weighted by Gasteiger charge is 2.39. The molecule has 1 saturated heterocycles. The van der Waals surface area contributed by atoms with Crippen molar-refractivity contribution in [2.45, 2.75) is 38.8 Å². The first-order chi connectivity index (χ1) is 10.5. The molecule has 22 heavy (non-hydrogen) atoms. The van der Waals surface area contributed by atoms with Crippen molar-refractivity contribution in [3.63, 3.8) is 0 Å². The minimum Gasteiger partial charge on any atom is -0.356 e. The molecule has 0 aliphatic carbocycles. The molecule has 0 spiro atoms. The van der Waals surface area contributed by atoms with Crippen LogP contribution in [0.1, 0.15) is 36.9 Å². The van der Waals surface area contributed by atoms with Crippen molar-refractivity contribution in [1.82, 2.24) is 10.2 Å². The molecule has 1 aromatic carbocycles. The van der Waals surface area contributed by atoms with E-state index in [1.807, 2.05) is 31.2 Å². The molecule has 1 heterocycles. The minimum absolute atomic E-state index is 0.0509. The molecule has 1 aliphatic rings. The Labute approximate surface area is 131 Å². The third-order valence-electron chi connectivity index (χ3n) is 3.99. The highest BCUT2D eigenvalue weighted by atomic mass is 16.5. The summed E-state index contributed by atoms with van der Waals surface area (Å²) in [4.78, 5) is 26.0. The first kappa shape index (κ1) is 16.5. The Balaban J connectivity index is 2.20. The lowest BCUT2D eigenvalue weighted by atomic mass is 9.96. The molecular weight excluding hydrogens is 280 g/mol. The summed E-state index contributed by atoms with van der Waals surface area (Å²) < 4.78 is 5.55. The smallest absolute Gasteiger partial charge is 0.251 e. The van der Waals surface area contributed by atoms with Crippen molar-refractivity contribution >= 4 is 11.8 Å². The zero-order chi connectivity index (χ0) is 16.1. The number of carbonyl (C=O) groups is 2. The molecule has 120 valence electrons. The Kier molecular flexibility index (Phi) is 5.55. The number of aryl methyl sites for hydroxylation is 1. The van der Waals surface area contributed by atoms with Gasteiger partial charge in [0.2, 0.25) is 5.91 Å². The van der Waals surface area contributed by atoms with E-state index in [-0.39, 0.29) is 24.5 Å². The molecule has 2 atom stereocenters. The lowest BCUT2D eigenvalue weighted by molar-refractivity contribution is -0.162. The number of rotatable bonds is 5. The molecular formula is C17H24N2O3. The third kappa shape index (κ3) is 3.65. The van der Waals surface area contributed by atoms with Crippen LogP contribution in [0.2, 0.25) is 0 Å². The zero-order valence-corrected chi connectivity index (χ0v) is 13.5. The molecule has 1 fully saturated rings. The number of likely N-dealkylation sites (N-methyl/N-ethyl adjacent to an activating group) is 1. The van der Waals surface area contributed by atoms with Crippen molar-refractivity contribution in [1.29, 1.82) is 0 Å². The largest absolute Gasteiger partial charge is 0.356 e. The number of nitrogens with one attached hydrogen (secondary N) is 1. The number of morpholine rings is 1. The van der Waals surface area contributed by atoms with E-state index in [0.29, 0.717) is 6.54 Å². The van der Waals surface area contributed by atoms with E-state index in [2.05, 4.69) is 12.2 Å². The number of carbonyl (C=O) groups excluding carboxylic acids is 2. The first-order valence-electron chi connectivity index (χ1n) is 7.76. The standard InChI is InChI=1S/C17H24N2O3/c1-4-5-10-18-17(21)16-15(19(3)14(20)11-22-16)13-8-6-12(2)7-9-13/h6-9,15-16H,4-5,10-11H2,1-3H3,(H,18,21)/t15-,16-/m1/s1. The van der Waals surface area contributed by atoms with Crippen LogP contribution in [-0.4, -0.2) is 43.0 Å². The number of unbranched alkanes of at least 4 members (excludes halogenated alkanes) is 1. The maximum absolute atomic E-state index is 12.4. The van der Waals surface area contributed by atoms with E-state index in [1.165, 1.54) is 0 Å². The van der Waals surface area contributed by atoms with Gasteiger partial charge in [0, 0.05) is 13.6 Å². The minimum atomic E-state index is -0.665. The van der Waals surface area contributed by atoms with Gasteiger partial charge in [-0.15, -0.1) is 0 Å². The van der Waals surface area contributed by atoms with E-state index >= 15 is 0 Å². The molecule has 1 aliphatic heterocycles. The van der Waals surface area contributed by atoms with Crippen molar-refractivity contribution in [3.05, 3.63) is 35.4 Å². The number of nitrogens with zero attached hydrogens (tertiary/aromatic N) is 1. The summed E-state index contributed by atoms with van der Waals surface area (Å²) in [5.74, 6) is -0.262. The van der Waals surface area contributed by atoms with Crippen molar-refractivity contribution in [2.24, 2.45) is 0 Å². The molecule has 2 amide bonds. The van der Waals surface area contributed by atoms with E-state index in [9.17, 15) is 9.59 Å². The predicted molar refractivity (Wildman–Crippen MR) is 84.3 cm³/mol. The molecule has 5 heteroatoms. The van der Waals surface area contributed by atoms with Gasteiger partial charge in [-0.2, -0.15) is 0 Å². The average molecular weight is 304 g/mol. The summed E-state index contributed by atoms with van der Waals surface area (Å²) in [6.45, 7) is 4.66. The summed E-state index contributed by atoms with van der Waals surface area (Å²) in [7, 11) is 1.72. The maximum Gasteiger partial charge on any atom is 0.251 e. The van der Waals surface area contributed by atoms with Crippen molar-refractivity contribution < 1.29 is 14.3 Å². The molecule has 0 unspecified atom stereocenters. The lowest BCUT2D eigenvalue weighted by Gasteiger charge is -2.38. The second kappa shape index (κ2) is 7.40. The third-order valence-corrected chi connectivity index (χ3v) is 3.99. The Morgan fingerprint density at radius 3 is 2.68 bits per heavy atom. The topological polar surface area (TPSA) is 58.6 Å². The first-order valence-corrected chi connectivity index (χ1v) is 7.76. The van der Waals surface area contributed by atoms with Gasteiger partial charge in [0.1, 0.15) is 6.61 Å². The Hall–Kier alpha value is -1.88. The Bertz CT molecular complexity index is 527. The fourth-order valence-electron chi connectivity index (χ4n) is 2.58. The molecule has 0 radical (unpaired) electrons. The number of hydrogen-bond acceptors (Lipinski definition) is 3. The van der Waals surface area contributed by atoms with Crippen LogP contribution in [0.25, 0.3) is 0 Å². The quantitative estimate of drug-likeness (QED) is 0.844. The van der Waals surface area contributed by atoms with Gasteiger partial charge in [-0.3, -0.25) is 9.59 Å². The Morgan fingerprint density at radius 2 is 2.05 bits per heavy atom. The van der Waals surface area contributed by atoms with Gasteiger partial charge in [-0.1, -0.05) is 43.2 Å². The fourth-order valence-corrected chi connectivity index (χ4v) is 2.58. The zero-order valence-electron chi connectivity index (χ0n) is 13.5. The van der Waals surface area contributed by atoms with Crippen LogP contribution in [0.3, 0.4) is 0 Å². The number of hydrogen-bond donors (Lipinski definition) is 1. The van der Waals surface area contributed by atoms with Crippen LogP contribution in [0.5, 0.6) is 0 Å². The van der Waals surface area contributed by atoms with Gasteiger partial charge in [0.15, 0.2) is 6.10 Å². The van der Waals surface area contributed by atoms with Gasteiger partial charge in [-0.05, 0) is 18.9 Å². The molecule has 0 saturated carbocycles. The number of benzene rings is 1. The van der Waals surface area contributed by atoms with Gasteiger partial charge >= 0.3 is 0 Å². The van der Waals surface area contributed by atoms with Crippen LogP contribution >= 0.6 is 0 Å².